The Kier molecular flexibility index (Phi) is 10.2. The number of aromatic nitrogens is 2. The summed E-state index contributed by atoms with van der Waals surface area (Å²) in [5.41, 5.74) is 5.86. The zero-order valence-electron chi connectivity index (χ0n) is 28.7. The van der Waals surface area contributed by atoms with Crippen LogP contribution in [0.1, 0.15) is 57.4 Å². The summed E-state index contributed by atoms with van der Waals surface area (Å²) in [5, 5.41) is 4.48. The Balaban J connectivity index is 1.46. The number of rotatable bonds is 10. The fraction of sp³-hybridized carbons (Fsp3) is 0.421. The SMILES string of the molecule is COC(=O)Cn1cc(-c2ccc(C(c3cccc(O[Si](C)(C)C(C)(C)C)c3)N3CC(C)N(Cc4ccccc4)CC3C)cc2)cn1. The van der Waals surface area contributed by atoms with Gasteiger partial charge in [-0.3, -0.25) is 19.3 Å². The molecule has 0 aliphatic carbocycles. The van der Waals surface area contributed by atoms with Crippen molar-refractivity contribution in [2.45, 2.75) is 84.0 Å². The van der Waals surface area contributed by atoms with E-state index < -0.39 is 8.32 Å². The zero-order chi connectivity index (χ0) is 33.1. The van der Waals surface area contributed by atoms with Crippen molar-refractivity contribution in [3.63, 3.8) is 0 Å². The Labute approximate surface area is 276 Å². The predicted octanol–water partition coefficient (Wildman–Crippen LogP) is 7.79. The van der Waals surface area contributed by atoms with Gasteiger partial charge in [-0.2, -0.15) is 5.10 Å². The van der Waals surface area contributed by atoms with E-state index >= 15 is 0 Å². The lowest BCUT2D eigenvalue weighted by molar-refractivity contribution is -0.141. The number of esters is 1. The summed E-state index contributed by atoms with van der Waals surface area (Å²) in [4.78, 5) is 17.0. The molecule has 7 nitrogen and oxygen atoms in total. The number of carbonyl (C=O) groups is 1. The second kappa shape index (κ2) is 14.0. The molecule has 0 spiro atoms. The third-order valence-electron chi connectivity index (χ3n) is 9.79. The molecule has 244 valence electrons. The molecule has 1 saturated heterocycles. The van der Waals surface area contributed by atoms with Crippen molar-refractivity contribution < 1.29 is 14.0 Å². The van der Waals surface area contributed by atoms with Crippen LogP contribution in [0.2, 0.25) is 18.1 Å². The average Bonchev–Trinajstić information content (AvgIpc) is 3.48. The van der Waals surface area contributed by atoms with E-state index in [0.717, 1.165) is 36.5 Å². The van der Waals surface area contributed by atoms with Gasteiger partial charge >= 0.3 is 5.97 Å². The van der Waals surface area contributed by atoms with Gasteiger partial charge in [0.05, 0.1) is 19.3 Å². The van der Waals surface area contributed by atoms with Gasteiger partial charge in [0, 0.05) is 43.5 Å². The number of hydrogen-bond donors (Lipinski definition) is 0. The van der Waals surface area contributed by atoms with Crippen LogP contribution in [0.5, 0.6) is 5.75 Å². The lowest BCUT2D eigenvalue weighted by atomic mass is 9.92. The third-order valence-corrected chi connectivity index (χ3v) is 14.1. The van der Waals surface area contributed by atoms with Crippen LogP contribution in [0, 0.1) is 0 Å². The first-order valence-electron chi connectivity index (χ1n) is 16.4. The van der Waals surface area contributed by atoms with Gasteiger partial charge < -0.3 is 9.16 Å². The number of carbonyl (C=O) groups excluding carboxylic acids is 1. The van der Waals surface area contributed by atoms with Gasteiger partial charge in [-0.1, -0.05) is 87.5 Å². The number of nitrogens with zero attached hydrogens (tertiary/aromatic N) is 4. The lowest BCUT2D eigenvalue weighted by Gasteiger charge is -2.48. The summed E-state index contributed by atoms with van der Waals surface area (Å²) >= 11 is 0. The van der Waals surface area contributed by atoms with Gasteiger partial charge in [-0.15, -0.1) is 0 Å². The highest BCUT2D eigenvalue weighted by Gasteiger charge is 2.39. The van der Waals surface area contributed by atoms with Crippen LogP contribution >= 0.6 is 0 Å². The van der Waals surface area contributed by atoms with E-state index in [1.54, 1.807) is 10.9 Å². The fourth-order valence-electron chi connectivity index (χ4n) is 6.05. The predicted molar refractivity (Wildman–Crippen MR) is 188 cm³/mol. The normalized spacial score (nSPS) is 18.7. The number of methoxy groups -OCH3 is 1. The molecule has 46 heavy (non-hydrogen) atoms. The van der Waals surface area contributed by atoms with Gasteiger partial charge in [0.15, 0.2) is 0 Å². The molecule has 0 radical (unpaired) electrons. The van der Waals surface area contributed by atoms with E-state index in [1.807, 2.05) is 6.20 Å². The van der Waals surface area contributed by atoms with Gasteiger partial charge in [0.1, 0.15) is 12.3 Å². The number of benzene rings is 3. The van der Waals surface area contributed by atoms with Crippen LogP contribution in [0.15, 0.2) is 91.3 Å². The molecular weight excluding hydrogens is 589 g/mol. The molecule has 5 rings (SSSR count). The molecule has 0 amide bonds. The van der Waals surface area contributed by atoms with Gasteiger partial charge in [0.25, 0.3) is 0 Å². The molecule has 4 aromatic rings. The minimum absolute atomic E-state index is 0.0652. The molecular formula is C38H50N4O3Si. The smallest absolute Gasteiger partial charge is 0.327 e. The van der Waals surface area contributed by atoms with Crippen LogP contribution in [-0.2, 0) is 22.6 Å². The average molecular weight is 639 g/mol. The molecule has 1 aliphatic heterocycles. The molecule has 0 saturated carbocycles. The first-order chi connectivity index (χ1) is 21.8. The van der Waals surface area contributed by atoms with E-state index in [9.17, 15) is 4.79 Å². The van der Waals surface area contributed by atoms with Crippen LogP contribution < -0.4 is 4.43 Å². The topological polar surface area (TPSA) is 59.8 Å². The molecule has 3 atom stereocenters. The first-order valence-corrected chi connectivity index (χ1v) is 19.3. The molecule has 3 unspecified atom stereocenters. The second-order valence-corrected chi connectivity index (χ2v) is 19.0. The minimum Gasteiger partial charge on any atom is -0.543 e. The summed E-state index contributed by atoms with van der Waals surface area (Å²) in [5.74, 6) is 0.631. The molecule has 1 aliphatic rings. The maximum atomic E-state index is 11.7. The summed E-state index contributed by atoms with van der Waals surface area (Å²) in [6.07, 6.45) is 3.69. The van der Waals surface area contributed by atoms with Crippen molar-refractivity contribution in [3.8, 4) is 16.9 Å². The molecule has 8 heteroatoms. The molecule has 1 fully saturated rings. The van der Waals surface area contributed by atoms with Crippen molar-refractivity contribution in [1.82, 2.24) is 19.6 Å². The fourth-order valence-corrected chi connectivity index (χ4v) is 7.07. The summed E-state index contributed by atoms with van der Waals surface area (Å²) < 4.78 is 13.2. The Hall–Kier alpha value is -3.72. The Morgan fingerprint density at radius 2 is 1.63 bits per heavy atom. The highest BCUT2D eigenvalue weighted by atomic mass is 28.4. The van der Waals surface area contributed by atoms with E-state index in [4.69, 9.17) is 9.16 Å². The van der Waals surface area contributed by atoms with Crippen molar-refractivity contribution in [3.05, 3.63) is 108 Å². The highest BCUT2D eigenvalue weighted by molar-refractivity contribution is 6.74. The maximum absolute atomic E-state index is 11.7. The van der Waals surface area contributed by atoms with Crippen molar-refractivity contribution in [1.29, 1.82) is 0 Å². The number of hydrogen-bond acceptors (Lipinski definition) is 6. The van der Waals surface area contributed by atoms with E-state index in [-0.39, 0.29) is 23.6 Å². The van der Waals surface area contributed by atoms with Gasteiger partial charge in [-0.05, 0) is 66.4 Å². The Morgan fingerprint density at radius 3 is 2.30 bits per heavy atom. The molecule has 2 heterocycles. The van der Waals surface area contributed by atoms with E-state index in [1.165, 1.54) is 23.8 Å². The number of ether oxygens (including phenoxy) is 1. The summed E-state index contributed by atoms with van der Waals surface area (Å²) in [6.45, 7) is 19.2. The first kappa shape index (κ1) is 33.6. The Bertz CT molecular complexity index is 1600. The van der Waals surface area contributed by atoms with Crippen molar-refractivity contribution >= 4 is 14.3 Å². The molecule has 0 bridgehead atoms. The van der Waals surface area contributed by atoms with Crippen LogP contribution in [0.4, 0.5) is 0 Å². The second-order valence-electron chi connectivity index (χ2n) is 14.3. The van der Waals surface area contributed by atoms with E-state index in [2.05, 4.69) is 141 Å². The monoisotopic (exact) mass is 638 g/mol. The molecule has 3 aromatic carbocycles. The number of piperazine rings is 1. The van der Waals surface area contributed by atoms with Crippen LogP contribution in [0.25, 0.3) is 11.1 Å². The summed E-state index contributed by atoms with van der Waals surface area (Å²) in [6, 6.07) is 29.2. The largest absolute Gasteiger partial charge is 0.543 e. The van der Waals surface area contributed by atoms with Crippen molar-refractivity contribution in [2.75, 3.05) is 20.2 Å². The lowest BCUT2D eigenvalue weighted by Crippen LogP contribution is -2.56. The Morgan fingerprint density at radius 1 is 0.913 bits per heavy atom. The molecule has 0 N–H and O–H groups in total. The summed E-state index contributed by atoms with van der Waals surface area (Å²) in [7, 11) is -0.615. The maximum Gasteiger partial charge on any atom is 0.327 e. The zero-order valence-corrected chi connectivity index (χ0v) is 29.7. The third kappa shape index (κ3) is 7.80. The quantitative estimate of drug-likeness (QED) is 0.131. The molecule has 1 aromatic heterocycles. The standard InChI is InChI=1S/C38H50N4O3Si/c1-28-24-42(29(2)23-40(28)25-30-13-10-9-11-14-30)37(33-15-12-16-35(21-33)45-46(7,8)38(3,4)5)32-19-17-31(18-20-32)34-22-39-41(26-34)27-36(43)44-6/h9-22,26,28-29,37H,23-25,27H2,1-8H3. The van der Waals surface area contributed by atoms with Crippen molar-refractivity contribution in [2.24, 2.45) is 0 Å². The van der Waals surface area contributed by atoms with Crippen LogP contribution in [0.3, 0.4) is 0 Å². The van der Waals surface area contributed by atoms with Gasteiger partial charge in [0.2, 0.25) is 8.32 Å². The highest BCUT2D eigenvalue weighted by Crippen LogP contribution is 2.40. The van der Waals surface area contributed by atoms with Crippen LogP contribution in [-0.4, -0.2) is 66.1 Å². The van der Waals surface area contributed by atoms with Gasteiger partial charge in [-0.25, -0.2) is 0 Å². The minimum atomic E-state index is -2.01. The van der Waals surface area contributed by atoms with E-state index in [0.29, 0.717) is 12.1 Å².